The number of aromatic nitrogens is 2. The summed E-state index contributed by atoms with van der Waals surface area (Å²) in [6.45, 7) is 2.04. The molecule has 2 N–H and O–H groups in total. The second-order valence-electron chi connectivity index (χ2n) is 6.71. The van der Waals surface area contributed by atoms with Crippen LogP contribution in [0, 0.1) is 6.92 Å². The number of methoxy groups -OCH3 is 2. The number of amides is 1. The maximum absolute atomic E-state index is 12.7. The Morgan fingerprint density at radius 2 is 1.79 bits per heavy atom. The number of anilines is 1. The fourth-order valence-electron chi connectivity index (χ4n) is 3.18. The van der Waals surface area contributed by atoms with Gasteiger partial charge in [0, 0.05) is 16.8 Å². The molecule has 6 heteroatoms. The van der Waals surface area contributed by atoms with E-state index in [0.29, 0.717) is 22.7 Å². The predicted octanol–water partition coefficient (Wildman–Crippen LogP) is 4.81. The van der Waals surface area contributed by atoms with Gasteiger partial charge in [0.1, 0.15) is 5.82 Å². The lowest BCUT2D eigenvalue weighted by Gasteiger charge is -2.10. The lowest BCUT2D eigenvalue weighted by Crippen LogP contribution is -2.12. The number of imidazole rings is 1. The van der Waals surface area contributed by atoms with Crippen LogP contribution in [0.25, 0.3) is 22.4 Å². The summed E-state index contributed by atoms with van der Waals surface area (Å²) in [5, 5.41) is 2.92. The molecule has 1 amide bonds. The smallest absolute Gasteiger partial charge is 0.255 e. The third-order valence-corrected chi connectivity index (χ3v) is 4.68. The van der Waals surface area contributed by atoms with E-state index in [2.05, 4.69) is 15.3 Å². The normalized spacial score (nSPS) is 10.7. The Labute approximate surface area is 168 Å². The van der Waals surface area contributed by atoms with E-state index < -0.39 is 0 Å². The van der Waals surface area contributed by atoms with Crippen LogP contribution in [-0.2, 0) is 0 Å². The lowest BCUT2D eigenvalue weighted by atomic mass is 10.1. The number of ether oxygens (including phenoxy) is 2. The summed E-state index contributed by atoms with van der Waals surface area (Å²) in [6, 6.07) is 18.7. The molecule has 29 heavy (non-hydrogen) atoms. The van der Waals surface area contributed by atoms with E-state index in [9.17, 15) is 4.79 Å². The molecular weight excluding hydrogens is 366 g/mol. The van der Waals surface area contributed by atoms with Crippen molar-refractivity contribution in [3.8, 4) is 22.9 Å². The fourth-order valence-corrected chi connectivity index (χ4v) is 3.18. The summed E-state index contributed by atoms with van der Waals surface area (Å²) in [5.74, 6) is 1.61. The van der Waals surface area contributed by atoms with E-state index in [-0.39, 0.29) is 5.91 Å². The number of aromatic amines is 1. The minimum absolute atomic E-state index is 0.233. The van der Waals surface area contributed by atoms with Gasteiger partial charge in [0.25, 0.3) is 5.91 Å². The lowest BCUT2D eigenvalue weighted by molar-refractivity contribution is 0.102. The van der Waals surface area contributed by atoms with Crippen molar-refractivity contribution < 1.29 is 14.3 Å². The Morgan fingerprint density at radius 3 is 2.59 bits per heavy atom. The van der Waals surface area contributed by atoms with Crippen molar-refractivity contribution in [1.29, 1.82) is 0 Å². The zero-order valence-electron chi connectivity index (χ0n) is 16.4. The van der Waals surface area contributed by atoms with Gasteiger partial charge in [-0.1, -0.05) is 18.2 Å². The SMILES string of the molecule is COc1ccc(C(=O)Nc2cccc(-c3nc4cc(C)ccc4[nH]3)c2)cc1OC. The third-order valence-electron chi connectivity index (χ3n) is 4.68. The van der Waals surface area contributed by atoms with Crippen LogP contribution < -0.4 is 14.8 Å². The summed E-state index contributed by atoms with van der Waals surface area (Å²) < 4.78 is 10.5. The molecule has 1 heterocycles. The van der Waals surface area contributed by atoms with Gasteiger partial charge in [0.05, 0.1) is 25.3 Å². The van der Waals surface area contributed by atoms with Gasteiger partial charge < -0.3 is 19.8 Å². The zero-order chi connectivity index (χ0) is 20.4. The molecule has 3 aromatic carbocycles. The van der Waals surface area contributed by atoms with Gasteiger partial charge in [-0.3, -0.25) is 4.79 Å². The van der Waals surface area contributed by atoms with Crippen LogP contribution in [0.4, 0.5) is 5.69 Å². The Kier molecular flexibility index (Phi) is 4.91. The van der Waals surface area contributed by atoms with Crippen LogP contribution in [0.15, 0.2) is 60.7 Å². The molecule has 0 bridgehead atoms. The van der Waals surface area contributed by atoms with Gasteiger partial charge >= 0.3 is 0 Å². The van der Waals surface area contributed by atoms with E-state index in [1.807, 2.05) is 49.4 Å². The number of rotatable bonds is 5. The molecule has 0 unspecified atom stereocenters. The molecule has 0 saturated carbocycles. The first-order valence-corrected chi connectivity index (χ1v) is 9.17. The highest BCUT2D eigenvalue weighted by Gasteiger charge is 2.12. The van der Waals surface area contributed by atoms with Crippen molar-refractivity contribution >= 4 is 22.6 Å². The zero-order valence-corrected chi connectivity index (χ0v) is 16.4. The molecule has 0 atom stereocenters. The van der Waals surface area contributed by atoms with E-state index in [0.717, 1.165) is 28.0 Å². The molecule has 0 aliphatic rings. The predicted molar refractivity (Wildman–Crippen MR) is 114 cm³/mol. The van der Waals surface area contributed by atoms with Gasteiger partial charge in [-0.25, -0.2) is 4.98 Å². The number of carbonyl (C=O) groups is 1. The molecule has 4 aromatic rings. The first kappa shape index (κ1) is 18.6. The number of benzene rings is 3. The van der Waals surface area contributed by atoms with Gasteiger partial charge in [-0.2, -0.15) is 0 Å². The molecule has 1 aromatic heterocycles. The van der Waals surface area contributed by atoms with Crippen molar-refractivity contribution in [3.63, 3.8) is 0 Å². The van der Waals surface area contributed by atoms with Gasteiger partial charge in [-0.05, 0) is 55.0 Å². The molecule has 4 rings (SSSR count). The molecule has 0 aliphatic carbocycles. The maximum Gasteiger partial charge on any atom is 0.255 e. The number of hydrogen-bond donors (Lipinski definition) is 2. The van der Waals surface area contributed by atoms with Crippen LogP contribution in [0.2, 0.25) is 0 Å². The average molecular weight is 387 g/mol. The quantitative estimate of drug-likeness (QED) is 0.515. The van der Waals surface area contributed by atoms with Crippen molar-refractivity contribution in [1.82, 2.24) is 9.97 Å². The fraction of sp³-hybridized carbons (Fsp3) is 0.130. The molecule has 146 valence electrons. The van der Waals surface area contributed by atoms with Crippen LogP contribution in [0.3, 0.4) is 0 Å². The summed E-state index contributed by atoms with van der Waals surface area (Å²) in [5.41, 5.74) is 5.10. The summed E-state index contributed by atoms with van der Waals surface area (Å²) in [6.07, 6.45) is 0. The molecule has 0 saturated heterocycles. The van der Waals surface area contributed by atoms with E-state index in [1.54, 1.807) is 25.3 Å². The monoisotopic (exact) mass is 387 g/mol. The second kappa shape index (κ2) is 7.67. The first-order valence-electron chi connectivity index (χ1n) is 9.17. The standard InChI is InChI=1S/C23H21N3O3/c1-14-7-9-18-19(11-14)26-22(25-18)15-5-4-6-17(12-15)24-23(27)16-8-10-20(28-2)21(13-16)29-3/h4-13H,1-3H3,(H,24,27)(H,25,26). The number of nitrogens with zero attached hydrogens (tertiary/aromatic N) is 1. The van der Waals surface area contributed by atoms with Gasteiger partial charge in [0.2, 0.25) is 0 Å². The van der Waals surface area contributed by atoms with Crippen molar-refractivity contribution in [2.45, 2.75) is 6.92 Å². The van der Waals surface area contributed by atoms with Crippen LogP contribution in [0.1, 0.15) is 15.9 Å². The number of fused-ring (bicyclic) bond motifs is 1. The minimum atomic E-state index is -0.233. The Bertz CT molecular complexity index is 1200. The number of H-pyrrole nitrogens is 1. The number of hydrogen-bond acceptors (Lipinski definition) is 4. The Hall–Kier alpha value is -3.80. The van der Waals surface area contributed by atoms with Crippen molar-refractivity contribution in [3.05, 3.63) is 71.8 Å². The minimum Gasteiger partial charge on any atom is -0.493 e. The summed E-state index contributed by atoms with van der Waals surface area (Å²) in [7, 11) is 3.10. The summed E-state index contributed by atoms with van der Waals surface area (Å²) >= 11 is 0. The maximum atomic E-state index is 12.7. The average Bonchev–Trinajstić information content (AvgIpc) is 3.16. The van der Waals surface area contributed by atoms with Crippen molar-refractivity contribution in [2.75, 3.05) is 19.5 Å². The number of nitrogens with one attached hydrogen (secondary N) is 2. The van der Waals surface area contributed by atoms with Crippen LogP contribution in [-0.4, -0.2) is 30.1 Å². The molecule has 0 aliphatic heterocycles. The molecule has 6 nitrogen and oxygen atoms in total. The topological polar surface area (TPSA) is 76.2 Å². The molecule has 0 spiro atoms. The van der Waals surface area contributed by atoms with Crippen molar-refractivity contribution in [2.24, 2.45) is 0 Å². The van der Waals surface area contributed by atoms with E-state index in [1.165, 1.54) is 7.11 Å². The molecule has 0 radical (unpaired) electrons. The largest absolute Gasteiger partial charge is 0.493 e. The molecular formula is C23H21N3O3. The highest BCUT2D eigenvalue weighted by atomic mass is 16.5. The first-order chi connectivity index (χ1) is 14.1. The summed E-state index contributed by atoms with van der Waals surface area (Å²) in [4.78, 5) is 20.7. The third kappa shape index (κ3) is 3.78. The van der Waals surface area contributed by atoms with E-state index >= 15 is 0 Å². The highest BCUT2D eigenvalue weighted by Crippen LogP contribution is 2.28. The number of aryl methyl sites for hydroxylation is 1. The van der Waals surface area contributed by atoms with Gasteiger partial charge in [-0.15, -0.1) is 0 Å². The van der Waals surface area contributed by atoms with Crippen LogP contribution in [0.5, 0.6) is 11.5 Å². The molecule has 0 fully saturated rings. The van der Waals surface area contributed by atoms with E-state index in [4.69, 9.17) is 9.47 Å². The number of carbonyl (C=O) groups excluding carboxylic acids is 1. The second-order valence-corrected chi connectivity index (χ2v) is 6.71. The Morgan fingerprint density at radius 1 is 0.966 bits per heavy atom. The highest BCUT2D eigenvalue weighted by molar-refractivity contribution is 6.05. The van der Waals surface area contributed by atoms with Crippen LogP contribution >= 0.6 is 0 Å². The van der Waals surface area contributed by atoms with Gasteiger partial charge in [0.15, 0.2) is 11.5 Å². The Balaban J connectivity index is 1.59.